The summed E-state index contributed by atoms with van der Waals surface area (Å²) in [5, 5.41) is 3.25. The van der Waals surface area contributed by atoms with Crippen molar-refractivity contribution in [3.8, 4) is 0 Å². The molecule has 2 aliphatic heterocycles. The number of hydrogen-bond acceptors (Lipinski definition) is 3. The van der Waals surface area contributed by atoms with Gasteiger partial charge in [0.25, 0.3) is 0 Å². The lowest BCUT2D eigenvalue weighted by Crippen LogP contribution is -2.51. The number of amides is 1. The number of nitrogens with zero attached hydrogens (tertiary/aromatic N) is 1. The summed E-state index contributed by atoms with van der Waals surface area (Å²) in [4.78, 5) is 14.4. The van der Waals surface area contributed by atoms with Gasteiger partial charge in [-0.1, -0.05) is 12.1 Å². The predicted octanol–water partition coefficient (Wildman–Crippen LogP) is 1.87. The van der Waals surface area contributed by atoms with Crippen LogP contribution in [-0.2, 0) is 9.53 Å². The van der Waals surface area contributed by atoms with E-state index in [4.69, 9.17) is 4.74 Å². The minimum Gasteiger partial charge on any atom is -0.367 e. The van der Waals surface area contributed by atoms with Crippen LogP contribution >= 0.6 is 0 Å². The molecule has 0 aliphatic carbocycles. The summed E-state index contributed by atoms with van der Waals surface area (Å²) >= 11 is 0. The molecule has 2 fully saturated rings. The molecule has 2 saturated heterocycles. The molecule has 0 radical (unpaired) electrons. The van der Waals surface area contributed by atoms with Crippen molar-refractivity contribution in [1.82, 2.24) is 10.2 Å². The Morgan fingerprint density at radius 1 is 1.33 bits per heavy atom. The van der Waals surface area contributed by atoms with Gasteiger partial charge in [-0.15, -0.1) is 0 Å². The second kappa shape index (κ2) is 6.12. The Morgan fingerprint density at radius 3 is 2.76 bits per heavy atom. The fourth-order valence-electron chi connectivity index (χ4n) is 3.11. The van der Waals surface area contributed by atoms with E-state index in [-0.39, 0.29) is 30.0 Å². The average Bonchev–Trinajstić information content (AvgIpc) is 3.00. The van der Waals surface area contributed by atoms with Gasteiger partial charge in [-0.2, -0.15) is 0 Å². The lowest BCUT2D eigenvalue weighted by Gasteiger charge is -2.38. The highest BCUT2D eigenvalue weighted by Crippen LogP contribution is 2.26. The number of ether oxygens (including phenoxy) is 1. The number of halogens is 1. The molecule has 3 rings (SSSR count). The van der Waals surface area contributed by atoms with Gasteiger partial charge in [0.1, 0.15) is 11.9 Å². The summed E-state index contributed by atoms with van der Waals surface area (Å²) in [6.07, 6.45) is 1.77. The monoisotopic (exact) mass is 292 g/mol. The molecule has 1 N–H and O–H groups in total. The van der Waals surface area contributed by atoms with Gasteiger partial charge in [0.05, 0.1) is 18.7 Å². The van der Waals surface area contributed by atoms with Crippen LogP contribution in [0.2, 0.25) is 0 Å². The van der Waals surface area contributed by atoms with E-state index in [1.54, 1.807) is 12.1 Å². The predicted molar refractivity (Wildman–Crippen MR) is 77.3 cm³/mol. The maximum Gasteiger partial charge on any atom is 0.239 e. The molecule has 1 amide bonds. The highest BCUT2D eigenvalue weighted by molar-refractivity contribution is 5.82. The number of carbonyl (C=O) groups excluding carboxylic acids is 1. The topological polar surface area (TPSA) is 41.6 Å². The Morgan fingerprint density at radius 2 is 2.10 bits per heavy atom. The maximum absolute atomic E-state index is 13.0. The minimum atomic E-state index is -0.259. The first kappa shape index (κ1) is 14.5. The number of rotatable bonds is 2. The van der Waals surface area contributed by atoms with E-state index in [2.05, 4.69) is 5.32 Å². The summed E-state index contributed by atoms with van der Waals surface area (Å²) < 4.78 is 18.9. The Labute approximate surface area is 124 Å². The molecule has 1 aromatic carbocycles. The first-order valence-corrected chi connectivity index (χ1v) is 7.56. The molecule has 21 heavy (non-hydrogen) atoms. The zero-order chi connectivity index (χ0) is 14.8. The van der Waals surface area contributed by atoms with Gasteiger partial charge in [-0.3, -0.25) is 4.79 Å². The Balaban J connectivity index is 1.71. The molecule has 114 valence electrons. The van der Waals surface area contributed by atoms with E-state index in [1.165, 1.54) is 12.1 Å². The molecule has 5 heteroatoms. The van der Waals surface area contributed by atoms with Crippen molar-refractivity contribution in [2.24, 2.45) is 0 Å². The molecule has 0 unspecified atom stereocenters. The summed E-state index contributed by atoms with van der Waals surface area (Å²) in [6.45, 7) is 4.04. The van der Waals surface area contributed by atoms with E-state index in [0.29, 0.717) is 13.1 Å². The third kappa shape index (κ3) is 3.24. The van der Waals surface area contributed by atoms with Crippen molar-refractivity contribution >= 4 is 5.91 Å². The van der Waals surface area contributed by atoms with Crippen LogP contribution in [0.5, 0.6) is 0 Å². The number of nitrogens with one attached hydrogen (secondary N) is 1. The number of hydrogen-bond donors (Lipinski definition) is 1. The smallest absolute Gasteiger partial charge is 0.239 e. The molecule has 0 saturated carbocycles. The third-order valence-corrected chi connectivity index (χ3v) is 4.17. The lowest BCUT2D eigenvalue weighted by atomic mass is 10.1. The second-order valence-corrected chi connectivity index (χ2v) is 5.88. The van der Waals surface area contributed by atoms with Crippen LogP contribution in [0.1, 0.15) is 31.4 Å². The largest absolute Gasteiger partial charge is 0.367 e. The molecule has 0 aromatic heterocycles. The molecule has 3 atom stereocenters. The van der Waals surface area contributed by atoms with Gasteiger partial charge in [-0.05, 0) is 44.0 Å². The molecule has 4 nitrogen and oxygen atoms in total. The molecule has 2 aliphatic rings. The van der Waals surface area contributed by atoms with Crippen molar-refractivity contribution in [3.63, 3.8) is 0 Å². The van der Waals surface area contributed by atoms with Crippen LogP contribution in [0, 0.1) is 5.82 Å². The highest BCUT2D eigenvalue weighted by Gasteiger charge is 2.33. The van der Waals surface area contributed by atoms with Crippen molar-refractivity contribution in [1.29, 1.82) is 0 Å². The molecule has 1 aromatic rings. The molecular formula is C16H21FN2O2. The van der Waals surface area contributed by atoms with E-state index < -0.39 is 0 Å². The van der Waals surface area contributed by atoms with Crippen LogP contribution in [0.15, 0.2) is 24.3 Å². The fourth-order valence-corrected chi connectivity index (χ4v) is 3.11. The average molecular weight is 292 g/mol. The summed E-state index contributed by atoms with van der Waals surface area (Å²) in [7, 11) is 0. The zero-order valence-corrected chi connectivity index (χ0v) is 12.2. The normalized spacial score (nSPS) is 29.6. The Bertz CT molecular complexity index is 500. The third-order valence-electron chi connectivity index (χ3n) is 4.17. The number of carbonyl (C=O) groups is 1. The van der Waals surface area contributed by atoms with Crippen molar-refractivity contribution in [3.05, 3.63) is 35.6 Å². The van der Waals surface area contributed by atoms with Crippen LogP contribution in [0.3, 0.4) is 0 Å². The molecule has 0 spiro atoms. The van der Waals surface area contributed by atoms with Gasteiger partial charge in [0, 0.05) is 6.54 Å². The van der Waals surface area contributed by atoms with Crippen molar-refractivity contribution in [2.45, 2.75) is 38.0 Å². The van der Waals surface area contributed by atoms with Gasteiger partial charge in [0.15, 0.2) is 0 Å². The van der Waals surface area contributed by atoms with Crippen molar-refractivity contribution < 1.29 is 13.9 Å². The van der Waals surface area contributed by atoms with Crippen molar-refractivity contribution in [2.75, 3.05) is 19.6 Å². The van der Waals surface area contributed by atoms with Crippen LogP contribution in [0.25, 0.3) is 0 Å². The van der Waals surface area contributed by atoms with E-state index in [1.807, 2.05) is 11.8 Å². The maximum atomic E-state index is 13.0. The standard InChI is InChI=1S/C16H21FN2O2/c1-11-9-19(16(20)14-3-2-8-18-14)10-15(21-11)12-4-6-13(17)7-5-12/h4-7,11,14-15,18H,2-3,8-10H2,1H3/t11-,14-,15+/m0/s1. The van der Waals surface area contributed by atoms with Gasteiger partial charge in [-0.25, -0.2) is 4.39 Å². The number of benzene rings is 1. The van der Waals surface area contributed by atoms with Crippen LogP contribution in [0.4, 0.5) is 4.39 Å². The van der Waals surface area contributed by atoms with Gasteiger partial charge in [0.2, 0.25) is 5.91 Å². The Hall–Kier alpha value is -1.46. The Kier molecular flexibility index (Phi) is 4.22. The molecule has 2 heterocycles. The summed E-state index contributed by atoms with van der Waals surface area (Å²) in [5.74, 6) is -0.0968. The first-order chi connectivity index (χ1) is 10.1. The SMILES string of the molecule is C[C@H]1CN(C(=O)[C@@H]2CCCN2)C[C@H](c2ccc(F)cc2)O1. The van der Waals surface area contributed by atoms with Gasteiger partial charge < -0.3 is 15.0 Å². The lowest BCUT2D eigenvalue weighted by molar-refractivity contribution is -0.146. The van der Waals surface area contributed by atoms with E-state index in [9.17, 15) is 9.18 Å². The second-order valence-electron chi connectivity index (χ2n) is 5.88. The van der Waals surface area contributed by atoms with E-state index >= 15 is 0 Å². The number of morpholine rings is 1. The molecular weight excluding hydrogens is 271 g/mol. The molecule has 0 bridgehead atoms. The fraction of sp³-hybridized carbons (Fsp3) is 0.562. The first-order valence-electron chi connectivity index (χ1n) is 7.56. The van der Waals surface area contributed by atoms with Gasteiger partial charge >= 0.3 is 0 Å². The highest BCUT2D eigenvalue weighted by atomic mass is 19.1. The van der Waals surface area contributed by atoms with E-state index in [0.717, 1.165) is 24.9 Å². The quantitative estimate of drug-likeness (QED) is 0.905. The zero-order valence-electron chi connectivity index (χ0n) is 12.2. The minimum absolute atomic E-state index is 0.0147. The summed E-state index contributed by atoms with van der Waals surface area (Å²) in [5.41, 5.74) is 0.917. The van der Waals surface area contributed by atoms with Crippen LogP contribution < -0.4 is 5.32 Å². The summed E-state index contributed by atoms with van der Waals surface area (Å²) in [6, 6.07) is 6.28. The van der Waals surface area contributed by atoms with Crippen LogP contribution in [-0.4, -0.2) is 42.6 Å².